The third-order valence-electron chi connectivity index (χ3n) is 2.92. The molecule has 1 heterocycles. The summed E-state index contributed by atoms with van der Waals surface area (Å²) in [7, 11) is 1.93. The number of nitrogens with one attached hydrogen (secondary N) is 1. The van der Waals surface area contributed by atoms with Crippen molar-refractivity contribution in [3.63, 3.8) is 0 Å². The van der Waals surface area contributed by atoms with Gasteiger partial charge in [0, 0.05) is 6.54 Å². The molecule has 1 aromatic carbocycles. The topological polar surface area (TPSA) is 67.7 Å². The van der Waals surface area contributed by atoms with Crippen LogP contribution in [0.2, 0.25) is 0 Å². The third kappa shape index (κ3) is 12.2. The van der Waals surface area contributed by atoms with E-state index in [1.54, 1.807) is 0 Å². The van der Waals surface area contributed by atoms with Crippen molar-refractivity contribution in [2.45, 2.75) is 39.8 Å². The number of ether oxygens (including phenoxy) is 1. The highest BCUT2D eigenvalue weighted by molar-refractivity contribution is 5.58. The number of nitrogens with two attached hydrogens (primary N) is 1. The standard InChI is InChI=1S/C7H8.C6H13NO.C4H9NO/c1-7-5-3-2-4-6-7;1-6(2,3)5(7)4-8;1-5-2-4-3-6-4/h2-6H,1H3;4-5H,7H2,1-3H3;4-5H,2-3H2,1H3. The van der Waals surface area contributed by atoms with E-state index in [0.717, 1.165) is 19.4 Å². The third-order valence-corrected chi connectivity index (χ3v) is 2.92. The molecule has 0 radical (unpaired) electrons. The summed E-state index contributed by atoms with van der Waals surface area (Å²) in [5.74, 6) is 0. The predicted octanol–water partition coefficient (Wildman–Crippen LogP) is 2.16. The summed E-state index contributed by atoms with van der Waals surface area (Å²) in [6.45, 7) is 9.87. The van der Waals surface area contributed by atoms with Gasteiger partial charge in [-0.1, -0.05) is 56.7 Å². The summed E-state index contributed by atoms with van der Waals surface area (Å²) in [5.41, 5.74) is 6.62. The van der Waals surface area contributed by atoms with Gasteiger partial charge in [-0.2, -0.15) is 0 Å². The molecular formula is C17H30N2O2. The average molecular weight is 294 g/mol. The minimum atomic E-state index is -0.331. The van der Waals surface area contributed by atoms with E-state index in [1.807, 2.05) is 46.0 Å². The van der Waals surface area contributed by atoms with E-state index in [9.17, 15) is 4.79 Å². The Morgan fingerprint density at radius 1 is 1.38 bits per heavy atom. The van der Waals surface area contributed by atoms with Gasteiger partial charge in [0.15, 0.2) is 0 Å². The minimum absolute atomic E-state index is 0.0816. The van der Waals surface area contributed by atoms with E-state index >= 15 is 0 Å². The molecule has 3 N–H and O–H groups in total. The number of carbonyl (C=O) groups is 1. The zero-order chi connectivity index (χ0) is 16.3. The number of rotatable bonds is 3. The first-order valence-corrected chi connectivity index (χ1v) is 7.30. The van der Waals surface area contributed by atoms with Gasteiger partial charge in [-0.25, -0.2) is 0 Å². The molecule has 0 aliphatic carbocycles. The maximum atomic E-state index is 10.0. The van der Waals surface area contributed by atoms with Crippen molar-refractivity contribution in [1.29, 1.82) is 0 Å². The summed E-state index contributed by atoms with van der Waals surface area (Å²) in [4.78, 5) is 10.0. The lowest BCUT2D eigenvalue weighted by molar-refractivity contribution is -0.110. The summed E-state index contributed by atoms with van der Waals surface area (Å²) in [6, 6.07) is 9.93. The van der Waals surface area contributed by atoms with Crippen LogP contribution in [0.5, 0.6) is 0 Å². The van der Waals surface area contributed by atoms with Crippen molar-refractivity contribution >= 4 is 6.29 Å². The Bertz CT molecular complexity index is 370. The Balaban J connectivity index is 0.000000288. The lowest BCUT2D eigenvalue weighted by Crippen LogP contribution is -2.36. The molecule has 0 saturated carbocycles. The molecule has 0 bridgehead atoms. The maximum absolute atomic E-state index is 10.0. The van der Waals surface area contributed by atoms with Gasteiger partial charge in [0.1, 0.15) is 6.29 Å². The van der Waals surface area contributed by atoms with Gasteiger partial charge in [-0.3, -0.25) is 0 Å². The van der Waals surface area contributed by atoms with Gasteiger partial charge in [-0.05, 0) is 19.4 Å². The van der Waals surface area contributed by atoms with Crippen LogP contribution in [0.15, 0.2) is 30.3 Å². The van der Waals surface area contributed by atoms with Gasteiger partial charge in [-0.15, -0.1) is 0 Å². The quantitative estimate of drug-likeness (QED) is 0.662. The number of hydrogen-bond acceptors (Lipinski definition) is 4. The molecule has 1 aliphatic heterocycles. The molecule has 1 aliphatic rings. The lowest BCUT2D eigenvalue weighted by Gasteiger charge is -2.20. The Morgan fingerprint density at radius 3 is 2.05 bits per heavy atom. The number of aldehydes is 1. The van der Waals surface area contributed by atoms with Crippen LogP contribution < -0.4 is 11.1 Å². The van der Waals surface area contributed by atoms with Crippen LogP contribution >= 0.6 is 0 Å². The van der Waals surface area contributed by atoms with E-state index in [2.05, 4.69) is 24.4 Å². The Labute approximate surface area is 129 Å². The van der Waals surface area contributed by atoms with Crippen LogP contribution in [0, 0.1) is 12.3 Å². The summed E-state index contributed by atoms with van der Waals surface area (Å²) >= 11 is 0. The molecule has 2 atom stereocenters. The SMILES string of the molecule is CC(C)(C)C(N)C=O.CNCC1CO1.Cc1ccccc1. The molecule has 4 nitrogen and oxygen atoms in total. The van der Waals surface area contributed by atoms with Gasteiger partial charge in [0.05, 0.1) is 18.8 Å². The fourth-order valence-electron chi connectivity index (χ4n) is 1.15. The first kappa shape index (κ1) is 19.8. The molecule has 0 amide bonds. The average Bonchev–Trinajstić information content (AvgIpc) is 3.23. The second kappa shape index (κ2) is 10.5. The zero-order valence-corrected chi connectivity index (χ0v) is 13.9. The first-order chi connectivity index (χ1) is 9.81. The van der Waals surface area contributed by atoms with E-state index in [4.69, 9.17) is 10.5 Å². The van der Waals surface area contributed by atoms with Crippen molar-refractivity contribution in [2.24, 2.45) is 11.1 Å². The molecule has 21 heavy (non-hydrogen) atoms. The van der Waals surface area contributed by atoms with E-state index in [0.29, 0.717) is 6.10 Å². The Hall–Kier alpha value is -1.23. The second-order valence-electron chi connectivity index (χ2n) is 6.20. The highest BCUT2D eigenvalue weighted by atomic mass is 16.6. The van der Waals surface area contributed by atoms with Gasteiger partial charge >= 0.3 is 0 Å². The van der Waals surface area contributed by atoms with Crippen molar-refractivity contribution in [2.75, 3.05) is 20.2 Å². The predicted molar refractivity (Wildman–Crippen MR) is 88.3 cm³/mol. The van der Waals surface area contributed by atoms with Crippen LogP contribution in [-0.2, 0) is 9.53 Å². The molecule has 2 rings (SSSR count). The van der Waals surface area contributed by atoms with Crippen LogP contribution in [-0.4, -0.2) is 38.6 Å². The molecule has 0 spiro atoms. The highest BCUT2D eigenvalue weighted by Gasteiger charge is 2.20. The second-order valence-corrected chi connectivity index (χ2v) is 6.20. The zero-order valence-electron chi connectivity index (χ0n) is 13.9. The lowest BCUT2D eigenvalue weighted by atomic mass is 9.89. The monoisotopic (exact) mass is 294 g/mol. The fourth-order valence-corrected chi connectivity index (χ4v) is 1.15. The normalized spacial score (nSPS) is 17.5. The number of benzene rings is 1. The summed E-state index contributed by atoms with van der Waals surface area (Å²) in [5, 5.41) is 3.00. The van der Waals surface area contributed by atoms with Gasteiger partial charge < -0.3 is 20.6 Å². The number of carbonyl (C=O) groups excluding carboxylic acids is 1. The molecule has 2 unspecified atom stereocenters. The van der Waals surface area contributed by atoms with Crippen molar-refractivity contribution in [3.05, 3.63) is 35.9 Å². The van der Waals surface area contributed by atoms with E-state index < -0.39 is 0 Å². The van der Waals surface area contributed by atoms with Crippen molar-refractivity contribution in [1.82, 2.24) is 5.32 Å². The number of epoxide rings is 1. The first-order valence-electron chi connectivity index (χ1n) is 7.30. The molecule has 1 aromatic rings. The van der Waals surface area contributed by atoms with Crippen LogP contribution in [0.25, 0.3) is 0 Å². The van der Waals surface area contributed by atoms with Crippen LogP contribution in [0.4, 0.5) is 0 Å². The van der Waals surface area contributed by atoms with Gasteiger partial charge in [0.2, 0.25) is 0 Å². The minimum Gasteiger partial charge on any atom is -0.372 e. The number of aryl methyl sites for hydroxylation is 1. The van der Waals surface area contributed by atoms with E-state index in [1.165, 1.54) is 5.56 Å². The summed E-state index contributed by atoms with van der Waals surface area (Å²) in [6.07, 6.45) is 1.31. The van der Waals surface area contributed by atoms with Gasteiger partial charge in [0.25, 0.3) is 0 Å². The van der Waals surface area contributed by atoms with Crippen LogP contribution in [0.1, 0.15) is 26.3 Å². The largest absolute Gasteiger partial charge is 0.372 e. The molecule has 1 fully saturated rings. The number of hydrogen-bond donors (Lipinski definition) is 2. The molecule has 1 saturated heterocycles. The van der Waals surface area contributed by atoms with Crippen LogP contribution in [0.3, 0.4) is 0 Å². The highest BCUT2D eigenvalue weighted by Crippen LogP contribution is 2.14. The van der Waals surface area contributed by atoms with E-state index in [-0.39, 0.29) is 11.5 Å². The van der Waals surface area contributed by atoms with Crippen molar-refractivity contribution < 1.29 is 9.53 Å². The maximum Gasteiger partial charge on any atom is 0.137 e. The molecular weight excluding hydrogens is 264 g/mol. The Morgan fingerprint density at radius 2 is 1.90 bits per heavy atom. The summed E-state index contributed by atoms with van der Waals surface area (Å²) < 4.78 is 4.89. The molecule has 4 heteroatoms. The smallest absolute Gasteiger partial charge is 0.137 e. The molecule has 0 aromatic heterocycles. The van der Waals surface area contributed by atoms with Crippen molar-refractivity contribution in [3.8, 4) is 0 Å². The fraction of sp³-hybridized carbons (Fsp3) is 0.588. The Kier molecular flexibility index (Phi) is 9.88. The molecule has 120 valence electrons. The number of likely N-dealkylation sites (N-methyl/N-ethyl adjacent to an activating group) is 1.